The van der Waals surface area contributed by atoms with E-state index in [0.717, 1.165) is 11.3 Å². The Labute approximate surface area is 112 Å². The Bertz CT molecular complexity index is 652. The van der Waals surface area contributed by atoms with Gasteiger partial charge in [0.05, 0.1) is 0 Å². The summed E-state index contributed by atoms with van der Waals surface area (Å²) in [6, 6.07) is 3.87. The summed E-state index contributed by atoms with van der Waals surface area (Å²) in [6.45, 7) is 7.99. The summed E-state index contributed by atoms with van der Waals surface area (Å²) >= 11 is 0. The molecule has 2 aromatic rings. The molecule has 5 nitrogen and oxygen atoms in total. The van der Waals surface area contributed by atoms with Crippen LogP contribution in [0.2, 0.25) is 0 Å². The zero-order chi connectivity index (χ0) is 14.2. The van der Waals surface area contributed by atoms with Crippen molar-refractivity contribution in [3.05, 3.63) is 39.9 Å². The minimum atomic E-state index is -0.0719. The summed E-state index contributed by atoms with van der Waals surface area (Å²) in [5.41, 5.74) is 2.60. The van der Waals surface area contributed by atoms with Gasteiger partial charge in [0.2, 0.25) is 0 Å². The first kappa shape index (κ1) is 13.4. The number of nitrogens with one attached hydrogen (secondary N) is 1. The summed E-state index contributed by atoms with van der Waals surface area (Å²) < 4.78 is 3.38. The molecule has 2 aromatic heterocycles. The third-order valence-electron chi connectivity index (χ3n) is 3.23. The van der Waals surface area contributed by atoms with E-state index >= 15 is 0 Å². The third kappa shape index (κ3) is 2.41. The first-order chi connectivity index (χ1) is 8.91. The molecule has 0 aromatic carbocycles. The van der Waals surface area contributed by atoms with E-state index in [-0.39, 0.29) is 11.6 Å². The molecule has 0 atom stereocenters. The molecule has 2 rings (SSSR count). The number of anilines is 1. The van der Waals surface area contributed by atoms with Gasteiger partial charge in [0.1, 0.15) is 5.69 Å². The highest BCUT2D eigenvalue weighted by Gasteiger charge is 2.13. The first-order valence-electron chi connectivity index (χ1n) is 6.40. The molecule has 0 fully saturated rings. The van der Waals surface area contributed by atoms with Crippen LogP contribution in [0.15, 0.2) is 23.1 Å². The molecule has 0 saturated heterocycles. The van der Waals surface area contributed by atoms with Crippen molar-refractivity contribution < 1.29 is 0 Å². The van der Waals surface area contributed by atoms with Gasteiger partial charge in [-0.2, -0.15) is 5.10 Å². The SMILES string of the molecule is Cc1c(-n2cccc(NC(C)C)c2=O)nn(C)c1C. The van der Waals surface area contributed by atoms with Gasteiger partial charge in [0, 0.05) is 30.5 Å². The van der Waals surface area contributed by atoms with Crippen LogP contribution in [0.25, 0.3) is 5.82 Å². The average Bonchev–Trinajstić information content (AvgIpc) is 2.59. The molecule has 102 valence electrons. The Hall–Kier alpha value is -2.04. The molecule has 0 radical (unpaired) electrons. The molecule has 1 N–H and O–H groups in total. The molecule has 5 heteroatoms. The van der Waals surface area contributed by atoms with Crippen molar-refractivity contribution in [2.24, 2.45) is 7.05 Å². The maximum absolute atomic E-state index is 12.4. The van der Waals surface area contributed by atoms with E-state index in [1.807, 2.05) is 40.8 Å². The number of aryl methyl sites for hydroxylation is 1. The quantitative estimate of drug-likeness (QED) is 0.918. The summed E-state index contributed by atoms with van der Waals surface area (Å²) in [7, 11) is 1.88. The number of hydrogen-bond acceptors (Lipinski definition) is 3. The second kappa shape index (κ2) is 4.91. The van der Waals surface area contributed by atoms with E-state index in [1.54, 1.807) is 21.5 Å². The predicted octanol–water partition coefficient (Wildman–Crippen LogP) is 2.01. The largest absolute Gasteiger partial charge is 0.378 e. The van der Waals surface area contributed by atoms with Crippen molar-refractivity contribution in [3.63, 3.8) is 0 Å². The van der Waals surface area contributed by atoms with Gasteiger partial charge in [-0.05, 0) is 39.8 Å². The Kier molecular flexibility index (Phi) is 3.46. The standard InChI is InChI=1S/C14H20N4O/c1-9(2)15-12-7-6-8-18(14(12)19)13-10(3)11(4)17(5)16-13/h6-9,15H,1-5H3. The first-order valence-corrected chi connectivity index (χ1v) is 6.40. The van der Waals surface area contributed by atoms with E-state index in [4.69, 9.17) is 0 Å². The predicted molar refractivity (Wildman–Crippen MR) is 77.0 cm³/mol. The van der Waals surface area contributed by atoms with Crippen molar-refractivity contribution in [1.82, 2.24) is 14.3 Å². The van der Waals surface area contributed by atoms with Gasteiger partial charge in [-0.3, -0.25) is 14.0 Å². The van der Waals surface area contributed by atoms with Crippen molar-refractivity contribution in [1.29, 1.82) is 0 Å². The van der Waals surface area contributed by atoms with E-state index < -0.39 is 0 Å². The number of pyridine rings is 1. The lowest BCUT2D eigenvalue weighted by Crippen LogP contribution is -2.24. The van der Waals surface area contributed by atoms with Gasteiger partial charge in [-0.15, -0.1) is 0 Å². The zero-order valence-corrected chi connectivity index (χ0v) is 12.1. The fourth-order valence-electron chi connectivity index (χ4n) is 2.01. The second-order valence-electron chi connectivity index (χ2n) is 5.05. The lowest BCUT2D eigenvalue weighted by molar-refractivity contribution is 0.724. The summed E-state index contributed by atoms with van der Waals surface area (Å²) in [5.74, 6) is 0.692. The van der Waals surface area contributed by atoms with Gasteiger partial charge in [-0.25, -0.2) is 0 Å². The Morgan fingerprint density at radius 3 is 2.53 bits per heavy atom. The molecule has 2 heterocycles. The third-order valence-corrected chi connectivity index (χ3v) is 3.23. The van der Waals surface area contributed by atoms with Crippen LogP contribution in [0.5, 0.6) is 0 Å². The summed E-state index contributed by atoms with van der Waals surface area (Å²) in [5, 5.41) is 7.57. The van der Waals surface area contributed by atoms with Gasteiger partial charge in [0.15, 0.2) is 5.82 Å². The minimum Gasteiger partial charge on any atom is -0.378 e. The maximum atomic E-state index is 12.4. The zero-order valence-electron chi connectivity index (χ0n) is 12.1. The smallest absolute Gasteiger partial charge is 0.279 e. The highest BCUT2D eigenvalue weighted by atomic mass is 16.1. The normalized spacial score (nSPS) is 11.1. The Balaban J connectivity index is 2.57. The fourth-order valence-corrected chi connectivity index (χ4v) is 2.01. The fraction of sp³-hybridized carbons (Fsp3) is 0.429. The van der Waals surface area contributed by atoms with Gasteiger partial charge >= 0.3 is 0 Å². The highest BCUT2D eigenvalue weighted by Crippen LogP contribution is 2.15. The lowest BCUT2D eigenvalue weighted by Gasteiger charge is -2.11. The van der Waals surface area contributed by atoms with Crippen molar-refractivity contribution in [2.75, 3.05) is 5.32 Å². The second-order valence-corrected chi connectivity index (χ2v) is 5.05. The number of hydrogen-bond donors (Lipinski definition) is 1. The van der Waals surface area contributed by atoms with Crippen LogP contribution in [-0.4, -0.2) is 20.4 Å². The number of aromatic nitrogens is 3. The molecule has 0 aliphatic rings. The van der Waals surface area contributed by atoms with E-state index in [1.165, 1.54) is 0 Å². The topological polar surface area (TPSA) is 51.9 Å². The van der Waals surface area contributed by atoms with Crippen LogP contribution < -0.4 is 10.9 Å². The van der Waals surface area contributed by atoms with Gasteiger partial charge in [-0.1, -0.05) is 0 Å². The Morgan fingerprint density at radius 2 is 2.00 bits per heavy atom. The lowest BCUT2D eigenvalue weighted by atomic mass is 10.2. The molecule has 19 heavy (non-hydrogen) atoms. The molecule has 0 aliphatic heterocycles. The molecular formula is C14H20N4O. The molecule has 0 aliphatic carbocycles. The molecule has 0 unspecified atom stereocenters. The molecular weight excluding hydrogens is 240 g/mol. The van der Waals surface area contributed by atoms with Crippen molar-refractivity contribution >= 4 is 5.69 Å². The summed E-state index contributed by atoms with van der Waals surface area (Å²) in [4.78, 5) is 12.4. The highest BCUT2D eigenvalue weighted by molar-refractivity contribution is 5.45. The molecule has 0 amide bonds. The molecule has 0 spiro atoms. The summed E-state index contributed by atoms with van der Waals surface area (Å²) in [6.07, 6.45) is 1.75. The Morgan fingerprint density at radius 1 is 1.32 bits per heavy atom. The number of rotatable bonds is 3. The molecule has 0 saturated carbocycles. The van der Waals surface area contributed by atoms with Gasteiger partial charge < -0.3 is 5.32 Å². The monoisotopic (exact) mass is 260 g/mol. The minimum absolute atomic E-state index is 0.0719. The van der Waals surface area contributed by atoms with E-state index in [9.17, 15) is 4.79 Å². The van der Waals surface area contributed by atoms with Crippen molar-refractivity contribution in [3.8, 4) is 5.82 Å². The van der Waals surface area contributed by atoms with Crippen LogP contribution in [-0.2, 0) is 7.05 Å². The molecule has 0 bridgehead atoms. The van der Waals surface area contributed by atoms with Crippen LogP contribution in [0, 0.1) is 13.8 Å². The van der Waals surface area contributed by atoms with Crippen LogP contribution in [0.1, 0.15) is 25.1 Å². The number of nitrogens with zero attached hydrogens (tertiary/aromatic N) is 3. The van der Waals surface area contributed by atoms with E-state index in [0.29, 0.717) is 11.5 Å². The van der Waals surface area contributed by atoms with Crippen LogP contribution in [0.4, 0.5) is 5.69 Å². The van der Waals surface area contributed by atoms with E-state index in [2.05, 4.69) is 10.4 Å². The maximum Gasteiger partial charge on any atom is 0.279 e. The van der Waals surface area contributed by atoms with Crippen molar-refractivity contribution in [2.45, 2.75) is 33.7 Å². The van der Waals surface area contributed by atoms with Crippen LogP contribution in [0.3, 0.4) is 0 Å². The average molecular weight is 260 g/mol. The van der Waals surface area contributed by atoms with Crippen LogP contribution >= 0.6 is 0 Å². The van der Waals surface area contributed by atoms with Gasteiger partial charge in [0.25, 0.3) is 5.56 Å².